The first-order chi connectivity index (χ1) is 9.04. The van der Waals surface area contributed by atoms with E-state index in [1.54, 1.807) is 0 Å². The van der Waals surface area contributed by atoms with Crippen LogP contribution in [0.15, 0.2) is 12.1 Å². The van der Waals surface area contributed by atoms with Crippen molar-refractivity contribution in [3.63, 3.8) is 0 Å². The van der Waals surface area contributed by atoms with Crippen molar-refractivity contribution < 1.29 is 13.2 Å². The third-order valence-corrected chi connectivity index (χ3v) is 2.85. The second-order valence-corrected chi connectivity index (χ2v) is 4.40. The molecular formula is C12H9F3N4. The topological polar surface area (TPSA) is 64.7 Å². The van der Waals surface area contributed by atoms with E-state index in [4.69, 9.17) is 5.73 Å². The number of nitrogen functional groups attached to an aromatic ring is 1. The van der Waals surface area contributed by atoms with E-state index < -0.39 is 17.5 Å². The van der Waals surface area contributed by atoms with Gasteiger partial charge in [-0.3, -0.25) is 0 Å². The molecule has 0 atom stereocenters. The van der Waals surface area contributed by atoms with Gasteiger partial charge in [0, 0.05) is 11.5 Å². The van der Waals surface area contributed by atoms with E-state index in [-0.39, 0.29) is 23.3 Å². The molecule has 2 aromatic rings. The molecule has 4 nitrogen and oxygen atoms in total. The normalized spacial score (nSPS) is 14.7. The lowest BCUT2D eigenvalue weighted by atomic mass is 10.2. The summed E-state index contributed by atoms with van der Waals surface area (Å²) >= 11 is 0. The molecule has 0 spiro atoms. The second-order valence-electron chi connectivity index (χ2n) is 4.40. The molecule has 1 heterocycles. The van der Waals surface area contributed by atoms with Gasteiger partial charge in [-0.1, -0.05) is 0 Å². The summed E-state index contributed by atoms with van der Waals surface area (Å²) in [5, 5.41) is 0. The fourth-order valence-electron chi connectivity index (χ4n) is 1.75. The van der Waals surface area contributed by atoms with Crippen LogP contribution in [0.3, 0.4) is 0 Å². The monoisotopic (exact) mass is 266 g/mol. The van der Waals surface area contributed by atoms with Crippen LogP contribution < -0.4 is 5.73 Å². The molecule has 1 aromatic carbocycles. The average Bonchev–Trinajstić information content (AvgIpc) is 3.18. The maximum absolute atomic E-state index is 13.2. The molecule has 1 aliphatic carbocycles. The zero-order chi connectivity index (χ0) is 13.6. The molecule has 0 aliphatic heterocycles. The number of nitrogens with zero attached hydrogens (tertiary/aromatic N) is 3. The van der Waals surface area contributed by atoms with Gasteiger partial charge in [-0.05, 0) is 25.0 Å². The molecule has 0 bridgehead atoms. The minimum absolute atomic E-state index is 0.0166. The summed E-state index contributed by atoms with van der Waals surface area (Å²) in [6.07, 6.45) is 1.91. The number of benzene rings is 1. The Kier molecular flexibility index (Phi) is 2.62. The van der Waals surface area contributed by atoms with Crippen molar-refractivity contribution in [2.24, 2.45) is 0 Å². The van der Waals surface area contributed by atoms with Crippen molar-refractivity contribution in [2.45, 2.75) is 18.8 Å². The zero-order valence-corrected chi connectivity index (χ0v) is 9.70. The molecule has 1 fully saturated rings. The van der Waals surface area contributed by atoms with E-state index in [0.717, 1.165) is 25.0 Å². The van der Waals surface area contributed by atoms with Crippen LogP contribution in [-0.4, -0.2) is 15.0 Å². The fourth-order valence-corrected chi connectivity index (χ4v) is 1.75. The zero-order valence-electron chi connectivity index (χ0n) is 9.70. The van der Waals surface area contributed by atoms with Crippen molar-refractivity contribution in [1.29, 1.82) is 0 Å². The van der Waals surface area contributed by atoms with E-state index >= 15 is 0 Å². The van der Waals surface area contributed by atoms with E-state index in [0.29, 0.717) is 5.82 Å². The number of anilines is 1. The van der Waals surface area contributed by atoms with Crippen LogP contribution in [0.4, 0.5) is 19.1 Å². The Morgan fingerprint density at radius 1 is 1.00 bits per heavy atom. The quantitative estimate of drug-likeness (QED) is 0.848. The number of nitrogens with two attached hydrogens (primary N) is 1. The molecule has 98 valence electrons. The first-order valence-electron chi connectivity index (χ1n) is 5.71. The predicted molar refractivity (Wildman–Crippen MR) is 61.5 cm³/mol. The minimum Gasteiger partial charge on any atom is -0.368 e. The molecular weight excluding hydrogens is 257 g/mol. The molecule has 2 N–H and O–H groups in total. The van der Waals surface area contributed by atoms with E-state index in [9.17, 15) is 13.2 Å². The summed E-state index contributed by atoms with van der Waals surface area (Å²) in [6, 6.07) is 1.67. The Hall–Kier alpha value is -2.18. The van der Waals surface area contributed by atoms with Crippen molar-refractivity contribution in [2.75, 3.05) is 5.73 Å². The Morgan fingerprint density at radius 3 is 2.21 bits per heavy atom. The summed E-state index contributed by atoms with van der Waals surface area (Å²) in [6.45, 7) is 0. The first-order valence-corrected chi connectivity index (χ1v) is 5.71. The minimum atomic E-state index is -1.52. The van der Waals surface area contributed by atoms with Crippen LogP contribution in [-0.2, 0) is 0 Å². The van der Waals surface area contributed by atoms with Gasteiger partial charge in [-0.25, -0.2) is 18.2 Å². The van der Waals surface area contributed by atoms with Gasteiger partial charge in [0.25, 0.3) is 0 Å². The SMILES string of the molecule is Nc1nc(-c2cc(F)c(F)c(F)c2)nc(C2CC2)n1. The Labute approximate surface area is 106 Å². The van der Waals surface area contributed by atoms with Gasteiger partial charge in [0.15, 0.2) is 23.3 Å². The molecule has 1 aromatic heterocycles. The highest BCUT2D eigenvalue weighted by molar-refractivity contribution is 5.56. The van der Waals surface area contributed by atoms with E-state index in [2.05, 4.69) is 15.0 Å². The van der Waals surface area contributed by atoms with Gasteiger partial charge in [0.05, 0.1) is 0 Å². The Morgan fingerprint density at radius 2 is 1.63 bits per heavy atom. The second kappa shape index (κ2) is 4.18. The molecule has 0 amide bonds. The van der Waals surface area contributed by atoms with Crippen molar-refractivity contribution in [3.8, 4) is 11.4 Å². The van der Waals surface area contributed by atoms with Crippen LogP contribution in [0.25, 0.3) is 11.4 Å². The van der Waals surface area contributed by atoms with Gasteiger partial charge < -0.3 is 5.73 Å². The van der Waals surface area contributed by atoms with E-state index in [1.807, 2.05) is 0 Å². The third-order valence-electron chi connectivity index (χ3n) is 2.85. The molecule has 0 saturated heterocycles. The molecule has 0 unspecified atom stereocenters. The average molecular weight is 266 g/mol. The molecule has 7 heteroatoms. The Bertz CT molecular complexity index is 632. The number of halogens is 3. The molecule has 1 saturated carbocycles. The summed E-state index contributed by atoms with van der Waals surface area (Å²) < 4.78 is 39.3. The van der Waals surface area contributed by atoms with Crippen LogP contribution in [0.2, 0.25) is 0 Å². The van der Waals surface area contributed by atoms with E-state index in [1.165, 1.54) is 0 Å². The molecule has 1 aliphatic rings. The Balaban J connectivity index is 2.11. The molecule has 3 rings (SSSR count). The van der Waals surface area contributed by atoms with Gasteiger partial charge in [-0.15, -0.1) is 0 Å². The highest BCUT2D eigenvalue weighted by Gasteiger charge is 2.28. The number of hydrogen-bond acceptors (Lipinski definition) is 4. The lowest BCUT2D eigenvalue weighted by Gasteiger charge is -2.05. The van der Waals surface area contributed by atoms with Gasteiger partial charge in [0.1, 0.15) is 5.82 Å². The first kappa shape index (κ1) is 11.9. The maximum Gasteiger partial charge on any atom is 0.223 e. The van der Waals surface area contributed by atoms with Crippen LogP contribution in [0, 0.1) is 17.5 Å². The summed E-state index contributed by atoms with van der Waals surface area (Å²) in [7, 11) is 0. The number of aromatic nitrogens is 3. The highest BCUT2D eigenvalue weighted by Crippen LogP contribution is 2.38. The van der Waals surface area contributed by atoms with Crippen LogP contribution in [0.5, 0.6) is 0 Å². The standard InChI is InChI=1S/C12H9F3N4/c13-7-3-6(4-8(14)9(7)15)11-17-10(5-1-2-5)18-12(16)19-11/h3-5H,1-2H2,(H2,16,17,18,19). The maximum atomic E-state index is 13.2. The fraction of sp³-hybridized carbons (Fsp3) is 0.250. The number of hydrogen-bond donors (Lipinski definition) is 1. The van der Waals surface area contributed by atoms with Crippen molar-refractivity contribution in [1.82, 2.24) is 15.0 Å². The van der Waals surface area contributed by atoms with Gasteiger partial charge in [-0.2, -0.15) is 9.97 Å². The third kappa shape index (κ3) is 2.23. The van der Waals surface area contributed by atoms with Crippen LogP contribution >= 0.6 is 0 Å². The largest absolute Gasteiger partial charge is 0.368 e. The van der Waals surface area contributed by atoms with Gasteiger partial charge in [0.2, 0.25) is 5.95 Å². The summed E-state index contributed by atoms with van der Waals surface area (Å²) in [4.78, 5) is 11.9. The van der Waals surface area contributed by atoms with Crippen LogP contribution in [0.1, 0.15) is 24.6 Å². The van der Waals surface area contributed by atoms with Crippen molar-refractivity contribution in [3.05, 3.63) is 35.4 Å². The molecule has 19 heavy (non-hydrogen) atoms. The lowest BCUT2D eigenvalue weighted by Crippen LogP contribution is -2.05. The summed E-state index contributed by atoms with van der Waals surface area (Å²) in [5.74, 6) is -3.34. The highest BCUT2D eigenvalue weighted by atomic mass is 19.2. The molecule has 0 radical (unpaired) electrons. The number of rotatable bonds is 2. The lowest BCUT2D eigenvalue weighted by molar-refractivity contribution is 0.447. The summed E-state index contributed by atoms with van der Waals surface area (Å²) in [5.41, 5.74) is 5.58. The van der Waals surface area contributed by atoms with Gasteiger partial charge >= 0.3 is 0 Å². The van der Waals surface area contributed by atoms with Crippen molar-refractivity contribution >= 4 is 5.95 Å². The smallest absolute Gasteiger partial charge is 0.223 e. The predicted octanol–water partition coefficient (Wildman–Crippen LogP) is 2.42.